The molecule has 1 fully saturated rings. The average Bonchev–Trinajstić information content (AvgIpc) is 2.62. The lowest BCUT2D eigenvalue weighted by Gasteiger charge is -2.44. The molecular formula is C17H26N2. The van der Waals surface area contributed by atoms with E-state index in [9.17, 15) is 0 Å². The summed E-state index contributed by atoms with van der Waals surface area (Å²) in [4.78, 5) is 2.79. The minimum atomic E-state index is 0.608. The smallest absolute Gasteiger partial charge is 0.0369 e. The molecule has 1 aromatic rings. The van der Waals surface area contributed by atoms with Gasteiger partial charge in [-0.2, -0.15) is 0 Å². The quantitative estimate of drug-likeness (QED) is 0.829. The fourth-order valence-electron chi connectivity index (χ4n) is 4.00. The Kier molecular flexibility index (Phi) is 3.90. The van der Waals surface area contributed by atoms with Crippen LogP contribution >= 0.6 is 0 Å². The van der Waals surface area contributed by atoms with Gasteiger partial charge in [0.1, 0.15) is 0 Å². The number of hydrogen-bond donors (Lipinski definition) is 1. The van der Waals surface area contributed by atoms with Gasteiger partial charge in [-0.3, -0.25) is 4.90 Å². The number of hydrogen-bond acceptors (Lipinski definition) is 2. The molecule has 104 valence electrons. The highest BCUT2D eigenvalue weighted by molar-refractivity contribution is 5.31. The van der Waals surface area contributed by atoms with E-state index in [1.165, 1.54) is 31.2 Å². The van der Waals surface area contributed by atoms with Gasteiger partial charge in [-0.05, 0) is 50.8 Å². The fraction of sp³-hybridized carbons (Fsp3) is 0.647. The van der Waals surface area contributed by atoms with Crippen LogP contribution < -0.4 is 5.32 Å². The third-order valence-corrected chi connectivity index (χ3v) is 4.95. The SMILES string of the molecule is CC1CCCC(C)N1C1CCNCc2ccccc21. The van der Waals surface area contributed by atoms with E-state index in [0.717, 1.165) is 25.2 Å². The second-order valence-corrected chi connectivity index (χ2v) is 6.26. The Labute approximate surface area is 117 Å². The maximum atomic E-state index is 3.58. The van der Waals surface area contributed by atoms with E-state index in [0.29, 0.717) is 6.04 Å². The molecule has 2 aliphatic rings. The molecule has 0 saturated carbocycles. The van der Waals surface area contributed by atoms with Gasteiger partial charge in [-0.15, -0.1) is 0 Å². The number of likely N-dealkylation sites (tertiary alicyclic amines) is 1. The molecular weight excluding hydrogens is 232 g/mol. The van der Waals surface area contributed by atoms with Gasteiger partial charge in [0.25, 0.3) is 0 Å². The first-order valence-corrected chi connectivity index (χ1v) is 7.83. The van der Waals surface area contributed by atoms with Gasteiger partial charge >= 0.3 is 0 Å². The number of nitrogens with one attached hydrogen (secondary N) is 1. The summed E-state index contributed by atoms with van der Waals surface area (Å²) in [5.74, 6) is 0. The minimum absolute atomic E-state index is 0.608. The topological polar surface area (TPSA) is 15.3 Å². The highest BCUT2D eigenvalue weighted by atomic mass is 15.2. The summed E-state index contributed by atoms with van der Waals surface area (Å²) in [5, 5.41) is 3.58. The average molecular weight is 258 g/mol. The van der Waals surface area contributed by atoms with Crippen molar-refractivity contribution in [3.8, 4) is 0 Å². The van der Waals surface area contributed by atoms with E-state index in [2.05, 4.69) is 48.3 Å². The third kappa shape index (κ3) is 2.56. The molecule has 0 bridgehead atoms. The van der Waals surface area contributed by atoms with Crippen LogP contribution in [0.5, 0.6) is 0 Å². The monoisotopic (exact) mass is 258 g/mol. The van der Waals surface area contributed by atoms with Gasteiger partial charge in [0.05, 0.1) is 0 Å². The van der Waals surface area contributed by atoms with Gasteiger partial charge in [0.2, 0.25) is 0 Å². The summed E-state index contributed by atoms with van der Waals surface area (Å²) >= 11 is 0. The van der Waals surface area contributed by atoms with Gasteiger partial charge in [0, 0.05) is 24.7 Å². The molecule has 2 aliphatic heterocycles. The van der Waals surface area contributed by atoms with Crippen LogP contribution in [-0.4, -0.2) is 23.5 Å². The van der Waals surface area contributed by atoms with Crippen LogP contribution in [0.1, 0.15) is 56.7 Å². The lowest BCUT2D eigenvalue weighted by molar-refractivity contribution is 0.0510. The molecule has 2 heterocycles. The first-order chi connectivity index (χ1) is 9.27. The largest absolute Gasteiger partial charge is 0.313 e. The van der Waals surface area contributed by atoms with Crippen molar-refractivity contribution >= 4 is 0 Å². The van der Waals surface area contributed by atoms with E-state index in [-0.39, 0.29) is 0 Å². The van der Waals surface area contributed by atoms with E-state index >= 15 is 0 Å². The summed E-state index contributed by atoms with van der Waals surface area (Å²) in [7, 11) is 0. The Morgan fingerprint density at radius 3 is 2.58 bits per heavy atom. The first kappa shape index (κ1) is 13.1. The molecule has 1 aromatic carbocycles. The number of nitrogens with zero attached hydrogens (tertiary/aromatic N) is 1. The van der Waals surface area contributed by atoms with Crippen molar-refractivity contribution in [1.82, 2.24) is 10.2 Å². The highest BCUT2D eigenvalue weighted by Gasteiger charge is 2.33. The van der Waals surface area contributed by atoms with Crippen molar-refractivity contribution in [1.29, 1.82) is 0 Å². The van der Waals surface area contributed by atoms with Crippen LogP contribution in [0.4, 0.5) is 0 Å². The Morgan fingerprint density at radius 2 is 1.79 bits per heavy atom. The molecule has 3 rings (SSSR count). The van der Waals surface area contributed by atoms with Crippen LogP contribution in [0.15, 0.2) is 24.3 Å². The summed E-state index contributed by atoms with van der Waals surface area (Å²) < 4.78 is 0. The fourth-order valence-corrected chi connectivity index (χ4v) is 4.00. The standard InChI is InChI=1S/C17H26N2/c1-13-6-5-7-14(2)19(13)17-10-11-18-12-15-8-3-4-9-16(15)17/h3-4,8-9,13-14,17-18H,5-7,10-12H2,1-2H3. The molecule has 19 heavy (non-hydrogen) atoms. The zero-order valence-electron chi connectivity index (χ0n) is 12.2. The Balaban J connectivity index is 1.94. The molecule has 0 spiro atoms. The Morgan fingerprint density at radius 1 is 1.05 bits per heavy atom. The number of rotatable bonds is 1. The molecule has 0 amide bonds. The Bertz CT molecular complexity index is 419. The lowest BCUT2D eigenvalue weighted by atomic mass is 9.90. The van der Waals surface area contributed by atoms with Crippen LogP contribution in [-0.2, 0) is 6.54 Å². The molecule has 1 N–H and O–H groups in total. The van der Waals surface area contributed by atoms with Crippen LogP contribution in [0.25, 0.3) is 0 Å². The molecule has 0 aliphatic carbocycles. The zero-order chi connectivity index (χ0) is 13.2. The molecule has 2 heteroatoms. The van der Waals surface area contributed by atoms with E-state index in [1.54, 1.807) is 5.56 Å². The summed E-state index contributed by atoms with van der Waals surface area (Å²) in [6, 6.07) is 11.1. The summed E-state index contributed by atoms with van der Waals surface area (Å²) in [5.41, 5.74) is 3.06. The molecule has 0 aromatic heterocycles. The second-order valence-electron chi connectivity index (χ2n) is 6.26. The van der Waals surface area contributed by atoms with Gasteiger partial charge in [-0.1, -0.05) is 30.7 Å². The molecule has 1 saturated heterocycles. The van der Waals surface area contributed by atoms with Gasteiger partial charge < -0.3 is 5.32 Å². The van der Waals surface area contributed by atoms with Crippen LogP contribution in [0.3, 0.4) is 0 Å². The predicted octanol–water partition coefficient (Wildman–Crippen LogP) is 3.48. The van der Waals surface area contributed by atoms with Crippen LogP contribution in [0, 0.1) is 0 Å². The maximum absolute atomic E-state index is 3.58. The van der Waals surface area contributed by atoms with Gasteiger partial charge in [-0.25, -0.2) is 0 Å². The normalized spacial score (nSPS) is 32.6. The minimum Gasteiger partial charge on any atom is -0.313 e. The first-order valence-electron chi connectivity index (χ1n) is 7.83. The van der Waals surface area contributed by atoms with E-state index < -0.39 is 0 Å². The number of piperidine rings is 1. The van der Waals surface area contributed by atoms with Crippen molar-refractivity contribution in [2.45, 2.75) is 64.2 Å². The summed E-state index contributed by atoms with van der Waals surface area (Å²) in [6.45, 7) is 6.99. The van der Waals surface area contributed by atoms with Crippen LogP contribution in [0.2, 0.25) is 0 Å². The maximum Gasteiger partial charge on any atom is 0.0369 e. The third-order valence-electron chi connectivity index (χ3n) is 4.95. The van der Waals surface area contributed by atoms with Crippen molar-refractivity contribution in [3.63, 3.8) is 0 Å². The summed E-state index contributed by atoms with van der Waals surface area (Å²) in [6.07, 6.45) is 5.35. The van der Waals surface area contributed by atoms with Crippen molar-refractivity contribution in [3.05, 3.63) is 35.4 Å². The molecule has 0 radical (unpaired) electrons. The van der Waals surface area contributed by atoms with E-state index in [4.69, 9.17) is 0 Å². The predicted molar refractivity (Wildman–Crippen MR) is 80.1 cm³/mol. The molecule has 3 atom stereocenters. The lowest BCUT2D eigenvalue weighted by Crippen LogP contribution is -2.46. The number of benzene rings is 1. The Hall–Kier alpha value is -0.860. The second kappa shape index (κ2) is 5.64. The van der Waals surface area contributed by atoms with E-state index in [1.807, 2.05) is 0 Å². The van der Waals surface area contributed by atoms with Crippen molar-refractivity contribution < 1.29 is 0 Å². The highest BCUT2D eigenvalue weighted by Crippen LogP contribution is 2.36. The zero-order valence-corrected chi connectivity index (χ0v) is 12.2. The van der Waals surface area contributed by atoms with Crippen molar-refractivity contribution in [2.24, 2.45) is 0 Å². The number of fused-ring (bicyclic) bond motifs is 1. The molecule has 2 nitrogen and oxygen atoms in total. The van der Waals surface area contributed by atoms with Gasteiger partial charge in [0.15, 0.2) is 0 Å². The molecule has 3 unspecified atom stereocenters. The van der Waals surface area contributed by atoms with Crippen molar-refractivity contribution in [2.75, 3.05) is 6.54 Å².